The first-order chi connectivity index (χ1) is 12.7. The summed E-state index contributed by atoms with van der Waals surface area (Å²) in [5.41, 5.74) is 3.99. The van der Waals surface area contributed by atoms with Crippen LogP contribution in [-0.4, -0.2) is 31.4 Å². The van der Waals surface area contributed by atoms with Crippen molar-refractivity contribution in [3.05, 3.63) is 66.5 Å². The first-order valence-corrected chi connectivity index (χ1v) is 8.46. The Kier molecular flexibility index (Phi) is 4.23. The van der Waals surface area contributed by atoms with E-state index in [1.54, 1.807) is 16.8 Å². The van der Waals surface area contributed by atoms with Gasteiger partial charge in [-0.2, -0.15) is 5.10 Å². The van der Waals surface area contributed by atoms with Gasteiger partial charge in [0.15, 0.2) is 0 Å². The molecule has 0 atom stereocenters. The number of hydrogen-bond donors (Lipinski definition) is 2. The van der Waals surface area contributed by atoms with Gasteiger partial charge in [-0.1, -0.05) is 24.3 Å². The van der Waals surface area contributed by atoms with Crippen LogP contribution in [0.4, 0.5) is 5.95 Å². The van der Waals surface area contributed by atoms with Crippen molar-refractivity contribution in [3.8, 4) is 17.0 Å². The lowest BCUT2D eigenvalue weighted by atomic mass is 10.1. The van der Waals surface area contributed by atoms with Crippen LogP contribution < -0.4 is 5.32 Å². The van der Waals surface area contributed by atoms with Gasteiger partial charge in [0.05, 0.1) is 11.2 Å². The maximum atomic E-state index is 9.33. The number of benzene rings is 2. The summed E-state index contributed by atoms with van der Waals surface area (Å²) in [6, 6.07) is 15.3. The highest BCUT2D eigenvalue weighted by Crippen LogP contribution is 2.22. The van der Waals surface area contributed by atoms with Crippen LogP contribution in [0.25, 0.3) is 22.2 Å². The van der Waals surface area contributed by atoms with E-state index in [1.165, 1.54) is 0 Å². The minimum Gasteiger partial charge on any atom is -0.508 e. The van der Waals surface area contributed by atoms with Crippen LogP contribution in [0.15, 0.2) is 60.9 Å². The average Bonchev–Trinajstić information content (AvgIpc) is 3.09. The number of nitrogens with zero attached hydrogens (tertiary/aromatic N) is 4. The maximum Gasteiger partial charge on any atom is 0.223 e. The Bertz CT molecular complexity index is 1040. The fourth-order valence-electron chi connectivity index (χ4n) is 2.82. The zero-order chi connectivity index (χ0) is 17.9. The Morgan fingerprint density at radius 2 is 1.92 bits per heavy atom. The molecule has 0 amide bonds. The van der Waals surface area contributed by atoms with Crippen LogP contribution in [0.5, 0.6) is 5.75 Å². The molecule has 2 N–H and O–H groups in total. The second-order valence-electron chi connectivity index (χ2n) is 6.19. The Morgan fingerprint density at radius 1 is 1.08 bits per heavy atom. The first-order valence-electron chi connectivity index (χ1n) is 8.46. The predicted octanol–water partition coefficient (Wildman–Crippen LogP) is 3.39. The van der Waals surface area contributed by atoms with Crippen LogP contribution in [0.3, 0.4) is 0 Å². The Morgan fingerprint density at radius 3 is 2.69 bits per heavy atom. The molecule has 2 heterocycles. The van der Waals surface area contributed by atoms with Gasteiger partial charge in [0.25, 0.3) is 0 Å². The van der Waals surface area contributed by atoms with Gasteiger partial charge in [-0.3, -0.25) is 4.68 Å². The van der Waals surface area contributed by atoms with Crippen molar-refractivity contribution in [2.45, 2.75) is 6.42 Å². The van der Waals surface area contributed by atoms with E-state index in [0.717, 1.165) is 40.7 Å². The molecule has 6 heteroatoms. The highest BCUT2D eigenvalue weighted by Gasteiger charge is 2.05. The summed E-state index contributed by atoms with van der Waals surface area (Å²) in [4.78, 5) is 8.99. The average molecular weight is 345 g/mol. The highest BCUT2D eigenvalue weighted by atomic mass is 16.3. The van der Waals surface area contributed by atoms with Crippen molar-refractivity contribution in [3.63, 3.8) is 0 Å². The molecule has 26 heavy (non-hydrogen) atoms. The third-order valence-corrected chi connectivity index (χ3v) is 4.23. The fraction of sp³-hybridized carbons (Fsp3) is 0.150. The normalized spacial score (nSPS) is 11.0. The summed E-state index contributed by atoms with van der Waals surface area (Å²) >= 11 is 0. The van der Waals surface area contributed by atoms with Gasteiger partial charge >= 0.3 is 0 Å². The number of nitrogens with one attached hydrogen (secondary N) is 1. The van der Waals surface area contributed by atoms with Crippen molar-refractivity contribution in [1.82, 2.24) is 19.7 Å². The van der Waals surface area contributed by atoms with Crippen LogP contribution in [0.2, 0.25) is 0 Å². The van der Waals surface area contributed by atoms with Gasteiger partial charge in [-0.15, -0.1) is 0 Å². The van der Waals surface area contributed by atoms with E-state index in [2.05, 4.69) is 20.4 Å². The molecule has 6 nitrogen and oxygen atoms in total. The molecule has 0 fully saturated rings. The molecule has 130 valence electrons. The van der Waals surface area contributed by atoms with Gasteiger partial charge < -0.3 is 10.4 Å². The molecule has 0 aliphatic carbocycles. The lowest BCUT2D eigenvalue weighted by molar-refractivity contribution is 0.475. The number of aromatic nitrogens is 4. The van der Waals surface area contributed by atoms with Gasteiger partial charge in [0.2, 0.25) is 5.95 Å². The molecule has 2 aromatic heterocycles. The van der Waals surface area contributed by atoms with E-state index in [-0.39, 0.29) is 5.75 Å². The lowest BCUT2D eigenvalue weighted by Crippen LogP contribution is -2.07. The smallest absolute Gasteiger partial charge is 0.223 e. The van der Waals surface area contributed by atoms with Crippen molar-refractivity contribution >= 4 is 16.9 Å². The molecular formula is C20H19N5O. The van der Waals surface area contributed by atoms with E-state index in [0.29, 0.717) is 5.95 Å². The fourth-order valence-corrected chi connectivity index (χ4v) is 2.82. The van der Waals surface area contributed by atoms with Crippen LogP contribution in [-0.2, 0) is 13.5 Å². The van der Waals surface area contributed by atoms with Gasteiger partial charge in [0.1, 0.15) is 5.75 Å². The predicted molar refractivity (Wildman–Crippen MR) is 102 cm³/mol. The van der Waals surface area contributed by atoms with Gasteiger partial charge in [-0.05, 0) is 36.2 Å². The standard InChI is InChI=1S/C20H19N5O/c1-25-11-9-18(24-25)15-4-5-16-13-22-20(23-19(16)12-15)21-10-8-14-2-6-17(26)7-3-14/h2-7,9,11-13,26H,8,10H2,1H3,(H,21,22,23). The second kappa shape index (κ2) is 6.84. The summed E-state index contributed by atoms with van der Waals surface area (Å²) in [6.07, 6.45) is 4.58. The van der Waals surface area contributed by atoms with Gasteiger partial charge in [0, 0.05) is 36.9 Å². The molecule has 0 bridgehead atoms. The van der Waals surface area contributed by atoms with E-state index in [9.17, 15) is 5.11 Å². The number of fused-ring (bicyclic) bond motifs is 1. The van der Waals surface area contributed by atoms with Crippen molar-refractivity contribution in [2.75, 3.05) is 11.9 Å². The highest BCUT2D eigenvalue weighted by molar-refractivity contribution is 5.83. The number of phenolic OH excluding ortho intramolecular Hbond substituents is 1. The molecular weight excluding hydrogens is 326 g/mol. The monoisotopic (exact) mass is 345 g/mol. The van der Waals surface area contributed by atoms with Crippen molar-refractivity contribution < 1.29 is 5.11 Å². The zero-order valence-corrected chi connectivity index (χ0v) is 14.4. The summed E-state index contributed by atoms with van der Waals surface area (Å²) in [5.74, 6) is 0.887. The maximum absolute atomic E-state index is 9.33. The lowest BCUT2D eigenvalue weighted by Gasteiger charge is -2.07. The van der Waals surface area contributed by atoms with Crippen LogP contribution >= 0.6 is 0 Å². The first kappa shape index (κ1) is 16.1. The minimum atomic E-state index is 0.281. The van der Waals surface area contributed by atoms with Crippen molar-refractivity contribution in [1.29, 1.82) is 0 Å². The Labute approximate surface area is 151 Å². The van der Waals surface area contributed by atoms with Gasteiger partial charge in [-0.25, -0.2) is 9.97 Å². The van der Waals surface area contributed by atoms with Crippen LogP contribution in [0, 0.1) is 0 Å². The summed E-state index contributed by atoms with van der Waals surface area (Å²) in [5, 5.41) is 18.0. The SMILES string of the molecule is Cn1ccc(-c2ccc3cnc(NCCc4ccc(O)cc4)nc3c2)n1. The molecule has 0 spiro atoms. The van der Waals surface area contributed by atoms with E-state index in [1.807, 2.05) is 55.8 Å². The molecule has 0 aliphatic rings. The summed E-state index contributed by atoms with van der Waals surface area (Å²) < 4.78 is 1.79. The number of aryl methyl sites for hydroxylation is 1. The Balaban J connectivity index is 1.49. The topological polar surface area (TPSA) is 75.9 Å². The molecule has 0 aliphatic heterocycles. The number of rotatable bonds is 5. The molecule has 0 saturated heterocycles. The van der Waals surface area contributed by atoms with E-state index < -0.39 is 0 Å². The molecule has 2 aromatic carbocycles. The number of anilines is 1. The van der Waals surface area contributed by atoms with E-state index in [4.69, 9.17) is 0 Å². The summed E-state index contributed by atoms with van der Waals surface area (Å²) in [7, 11) is 1.91. The van der Waals surface area contributed by atoms with Crippen molar-refractivity contribution in [2.24, 2.45) is 7.05 Å². The quantitative estimate of drug-likeness (QED) is 0.580. The van der Waals surface area contributed by atoms with Crippen LogP contribution in [0.1, 0.15) is 5.56 Å². The summed E-state index contributed by atoms with van der Waals surface area (Å²) in [6.45, 7) is 0.718. The number of phenols is 1. The number of hydrogen-bond acceptors (Lipinski definition) is 5. The number of aromatic hydroxyl groups is 1. The van der Waals surface area contributed by atoms with E-state index >= 15 is 0 Å². The third kappa shape index (κ3) is 3.49. The zero-order valence-electron chi connectivity index (χ0n) is 14.4. The Hall–Kier alpha value is -3.41. The minimum absolute atomic E-state index is 0.281. The largest absolute Gasteiger partial charge is 0.508 e. The molecule has 0 unspecified atom stereocenters. The third-order valence-electron chi connectivity index (χ3n) is 4.23. The second-order valence-corrected chi connectivity index (χ2v) is 6.19. The molecule has 4 rings (SSSR count). The molecule has 4 aromatic rings. The molecule has 0 radical (unpaired) electrons. The molecule has 0 saturated carbocycles.